The molecule has 0 fully saturated rings. The van der Waals surface area contributed by atoms with Crippen LogP contribution in [0.4, 0.5) is 13.2 Å². The van der Waals surface area contributed by atoms with Crippen LogP contribution in [0.1, 0.15) is 18.9 Å². The second kappa shape index (κ2) is 6.64. The summed E-state index contributed by atoms with van der Waals surface area (Å²) >= 11 is 0. The molecule has 0 saturated heterocycles. The zero-order valence-electron chi connectivity index (χ0n) is 10.6. The van der Waals surface area contributed by atoms with E-state index in [4.69, 9.17) is 4.74 Å². The average Bonchev–Trinajstić information content (AvgIpc) is 2.33. The molecule has 1 aromatic carbocycles. The lowest BCUT2D eigenvalue weighted by atomic mass is 10.0. The third kappa shape index (κ3) is 4.56. The summed E-state index contributed by atoms with van der Waals surface area (Å²) < 4.78 is 42.9. The Morgan fingerprint density at radius 3 is 2.28 bits per heavy atom. The molecule has 5 heteroatoms. The zero-order chi connectivity index (χ0) is 13.6. The molecule has 18 heavy (non-hydrogen) atoms. The van der Waals surface area contributed by atoms with Crippen molar-refractivity contribution in [3.63, 3.8) is 0 Å². The highest BCUT2D eigenvalue weighted by Gasteiger charge is 2.38. The van der Waals surface area contributed by atoms with Crippen LogP contribution in [0.15, 0.2) is 24.3 Å². The monoisotopic (exact) mass is 261 g/mol. The first-order chi connectivity index (χ1) is 8.47. The van der Waals surface area contributed by atoms with Crippen LogP contribution in [0.3, 0.4) is 0 Å². The van der Waals surface area contributed by atoms with E-state index in [1.807, 2.05) is 0 Å². The molecule has 0 aromatic heterocycles. The van der Waals surface area contributed by atoms with Gasteiger partial charge in [0.25, 0.3) is 0 Å². The number of halogens is 3. The minimum Gasteiger partial charge on any atom is -0.497 e. The van der Waals surface area contributed by atoms with Crippen LogP contribution in [0.5, 0.6) is 5.75 Å². The first-order valence-electron chi connectivity index (χ1n) is 5.90. The van der Waals surface area contributed by atoms with Crippen molar-refractivity contribution in [2.75, 3.05) is 13.7 Å². The molecule has 0 amide bonds. The van der Waals surface area contributed by atoms with Crippen LogP contribution >= 0.6 is 0 Å². The maximum absolute atomic E-state index is 12.6. The van der Waals surface area contributed by atoms with Crippen LogP contribution < -0.4 is 10.1 Å². The number of hydrogen-bond acceptors (Lipinski definition) is 2. The predicted octanol–water partition coefficient (Wildman–Crippen LogP) is 3.17. The molecule has 0 radical (unpaired) electrons. The first kappa shape index (κ1) is 14.8. The summed E-state index contributed by atoms with van der Waals surface area (Å²) in [7, 11) is 1.56. The molecule has 0 heterocycles. The summed E-state index contributed by atoms with van der Waals surface area (Å²) in [5, 5.41) is 2.47. The van der Waals surface area contributed by atoms with E-state index in [0.717, 1.165) is 5.56 Å². The van der Waals surface area contributed by atoms with E-state index in [2.05, 4.69) is 5.32 Å². The molecular formula is C13H18F3NO. The lowest BCUT2D eigenvalue weighted by Gasteiger charge is -2.20. The fourth-order valence-corrected chi connectivity index (χ4v) is 1.73. The molecule has 1 unspecified atom stereocenters. The summed E-state index contributed by atoms with van der Waals surface area (Å²) in [4.78, 5) is 0. The van der Waals surface area contributed by atoms with Gasteiger partial charge in [-0.3, -0.25) is 0 Å². The van der Waals surface area contributed by atoms with Crippen molar-refractivity contribution in [2.45, 2.75) is 32.0 Å². The molecule has 0 aliphatic carbocycles. The minimum absolute atomic E-state index is 0.0453. The molecule has 0 aliphatic heterocycles. The lowest BCUT2D eigenvalue weighted by molar-refractivity contribution is -0.156. The second-order valence-corrected chi connectivity index (χ2v) is 4.04. The van der Waals surface area contributed by atoms with Gasteiger partial charge in [-0.05, 0) is 37.1 Å². The summed E-state index contributed by atoms with van der Waals surface area (Å²) in [5.41, 5.74) is 0.878. The average molecular weight is 261 g/mol. The Bertz CT molecular complexity index is 348. The van der Waals surface area contributed by atoms with Gasteiger partial charge >= 0.3 is 6.18 Å². The van der Waals surface area contributed by atoms with E-state index in [1.165, 1.54) is 0 Å². The topological polar surface area (TPSA) is 21.3 Å². The summed E-state index contributed by atoms with van der Waals surface area (Å²) in [6.07, 6.45) is -3.76. The Labute approximate surface area is 105 Å². The van der Waals surface area contributed by atoms with Crippen molar-refractivity contribution in [1.29, 1.82) is 0 Å². The molecule has 0 spiro atoms. The van der Waals surface area contributed by atoms with E-state index in [1.54, 1.807) is 38.3 Å². The maximum Gasteiger partial charge on any atom is 0.403 e. The number of hydrogen-bond donors (Lipinski definition) is 1. The Morgan fingerprint density at radius 2 is 1.83 bits per heavy atom. The first-order valence-corrected chi connectivity index (χ1v) is 5.90. The van der Waals surface area contributed by atoms with E-state index >= 15 is 0 Å². The highest BCUT2D eigenvalue weighted by molar-refractivity contribution is 5.27. The standard InChI is InChI=1S/C13H18F3NO/c1-3-17-12(13(14,15)16)9-6-10-4-7-11(18-2)8-5-10/h4-5,7-8,12,17H,3,6,9H2,1-2H3. The molecule has 0 bridgehead atoms. The van der Waals surface area contributed by atoms with Gasteiger partial charge in [0, 0.05) is 0 Å². The highest BCUT2D eigenvalue weighted by atomic mass is 19.4. The van der Waals surface area contributed by atoms with Crippen molar-refractivity contribution < 1.29 is 17.9 Å². The molecule has 0 saturated carbocycles. The van der Waals surface area contributed by atoms with Gasteiger partial charge < -0.3 is 10.1 Å². The normalized spacial score (nSPS) is 13.4. The Kier molecular flexibility index (Phi) is 5.47. The van der Waals surface area contributed by atoms with Gasteiger partial charge in [-0.25, -0.2) is 0 Å². The van der Waals surface area contributed by atoms with Crippen molar-refractivity contribution >= 4 is 0 Å². The largest absolute Gasteiger partial charge is 0.497 e. The number of benzene rings is 1. The SMILES string of the molecule is CCNC(CCc1ccc(OC)cc1)C(F)(F)F. The molecule has 1 aromatic rings. The molecule has 1 atom stereocenters. The Hall–Kier alpha value is -1.23. The van der Waals surface area contributed by atoms with Gasteiger partial charge in [-0.2, -0.15) is 13.2 Å². The van der Waals surface area contributed by atoms with Crippen LogP contribution in [-0.2, 0) is 6.42 Å². The fourth-order valence-electron chi connectivity index (χ4n) is 1.73. The van der Waals surface area contributed by atoms with Gasteiger partial charge in [0.15, 0.2) is 0 Å². The van der Waals surface area contributed by atoms with Crippen LogP contribution in [0.25, 0.3) is 0 Å². The predicted molar refractivity (Wildman–Crippen MR) is 64.8 cm³/mol. The van der Waals surface area contributed by atoms with Crippen molar-refractivity contribution in [1.82, 2.24) is 5.32 Å². The van der Waals surface area contributed by atoms with Gasteiger partial charge in [0.1, 0.15) is 11.8 Å². The summed E-state index contributed by atoms with van der Waals surface area (Å²) in [6, 6.07) is 5.65. The third-order valence-corrected chi connectivity index (χ3v) is 2.73. The van der Waals surface area contributed by atoms with Crippen molar-refractivity contribution in [3.8, 4) is 5.75 Å². The van der Waals surface area contributed by atoms with Gasteiger partial charge in [0.2, 0.25) is 0 Å². The van der Waals surface area contributed by atoms with E-state index in [-0.39, 0.29) is 6.42 Å². The molecule has 0 aliphatic rings. The molecule has 2 nitrogen and oxygen atoms in total. The number of aryl methyl sites for hydroxylation is 1. The fraction of sp³-hybridized carbons (Fsp3) is 0.538. The third-order valence-electron chi connectivity index (χ3n) is 2.73. The number of ether oxygens (including phenoxy) is 1. The minimum atomic E-state index is -4.19. The highest BCUT2D eigenvalue weighted by Crippen LogP contribution is 2.24. The Balaban J connectivity index is 2.55. The van der Waals surface area contributed by atoms with E-state index < -0.39 is 12.2 Å². The number of methoxy groups -OCH3 is 1. The number of nitrogens with one attached hydrogen (secondary N) is 1. The lowest BCUT2D eigenvalue weighted by Crippen LogP contribution is -2.42. The number of alkyl halides is 3. The van der Waals surface area contributed by atoms with Gasteiger partial charge in [-0.15, -0.1) is 0 Å². The van der Waals surface area contributed by atoms with Crippen LogP contribution in [0, 0.1) is 0 Å². The smallest absolute Gasteiger partial charge is 0.403 e. The van der Waals surface area contributed by atoms with Gasteiger partial charge in [0.05, 0.1) is 7.11 Å². The Morgan fingerprint density at radius 1 is 1.22 bits per heavy atom. The van der Waals surface area contributed by atoms with E-state index in [0.29, 0.717) is 18.7 Å². The number of rotatable bonds is 6. The molecule has 1 N–H and O–H groups in total. The summed E-state index contributed by atoms with van der Waals surface area (Å²) in [6.45, 7) is 1.99. The quantitative estimate of drug-likeness (QED) is 0.849. The molecule has 1 rings (SSSR count). The molecular weight excluding hydrogens is 243 g/mol. The zero-order valence-corrected chi connectivity index (χ0v) is 10.6. The van der Waals surface area contributed by atoms with Crippen LogP contribution in [0.2, 0.25) is 0 Å². The van der Waals surface area contributed by atoms with Crippen molar-refractivity contribution in [3.05, 3.63) is 29.8 Å². The molecule has 102 valence electrons. The van der Waals surface area contributed by atoms with Crippen molar-refractivity contribution in [2.24, 2.45) is 0 Å². The van der Waals surface area contributed by atoms with Crippen LogP contribution in [-0.4, -0.2) is 25.9 Å². The summed E-state index contributed by atoms with van der Waals surface area (Å²) in [5.74, 6) is 0.706. The van der Waals surface area contributed by atoms with E-state index in [9.17, 15) is 13.2 Å². The maximum atomic E-state index is 12.6. The van der Waals surface area contributed by atoms with Gasteiger partial charge in [-0.1, -0.05) is 19.1 Å². The second-order valence-electron chi connectivity index (χ2n) is 4.04.